The Morgan fingerprint density at radius 1 is 1.15 bits per heavy atom. The molecule has 0 aliphatic rings. The van der Waals surface area contributed by atoms with Gasteiger partial charge < -0.3 is 9.40 Å². The van der Waals surface area contributed by atoms with Gasteiger partial charge in [0.05, 0.1) is 21.0 Å². The van der Waals surface area contributed by atoms with Crippen molar-refractivity contribution in [2.45, 2.75) is 5.16 Å². The summed E-state index contributed by atoms with van der Waals surface area (Å²) in [5.41, 5.74) is 2.52. The number of H-pyrrole nitrogens is 1. The number of furan rings is 1. The van der Waals surface area contributed by atoms with E-state index in [1.807, 2.05) is 30.3 Å². The number of aromatic amines is 1. The van der Waals surface area contributed by atoms with Gasteiger partial charge in [-0.25, -0.2) is 4.98 Å². The third-order valence-electron chi connectivity index (χ3n) is 3.78. The number of aromatic nitrogens is 2. The van der Waals surface area contributed by atoms with E-state index >= 15 is 0 Å². The summed E-state index contributed by atoms with van der Waals surface area (Å²) in [7, 11) is 0. The van der Waals surface area contributed by atoms with Crippen LogP contribution in [-0.4, -0.2) is 9.97 Å². The third-order valence-corrected chi connectivity index (χ3v) is 5.14. The molecule has 0 aliphatic carbocycles. The molecular formula is C20H11Cl2N3OS. The molecule has 0 unspecified atom stereocenters. The Labute approximate surface area is 169 Å². The largest absolute Gasteiger partial charge is 0.457 e. The molecule has 2 aromatic carbocycles. The molecule has 0 radical (unpaired) electrons. The van der Waals surface area contributed by atoms with Crippen molar-refractivity contribution < 1.29 is 4.42 Å². The number of allylic oxidation sites excluding steroid dienone is 1. The average molecular weight is 412 g/mol. The van der Waals surface area contributed by atoms with Crippen LogP contribution in [0.5, 0.6) is 0 Å². The molecule has 4 nitrogen and oxygen atoms in total. The van der Waals surface area contributed by atoms with Crippen LogP contribution < -0.4 is 0 Å². The first kappa shape index (κ1) is 17.7. The number of imidazole rings is 1. The fourth-order valence-electron chi connectivity index (χ4n) is 2.56. The fourth-order valence-corrected chi connectivity index (χ4v) is 3.80. The Hall–Kier alpha value is -2.65. The lowest BCUT2D eigenvalue weighted by molar-refractivity contribution is 0.572. The number of para-hydroxylation sites is 2. The number of rotatable bonds is 4. The van der Waals surface area contributed by atoms with Gasteiger partial charge in [0.2, 0.25) is 0 Å². The molecule has 2 heterocycles. The molecule has 2 aromatic heterocycles. The number of hydrogen-bond donors (Lipinski definition) is 1. The monoisotopic (exact) mass is 411 g/mol. The maximum atomic E-state index is 9.46. The summed E-state index contributed by atoms with van der Waals surface area (Å²) in [6.07, 6.45) is 1.67. The van der Waals surface area contributed by atoms with E-state index in [0.29, 0.717) is 31.6 Å². The Morgan fingerprint density at radius 3 is 2.78 bits per heavy atom. The number of halogens is 2. The Morgan fingerprint density at radius 2 is 2.00 bits per heavy atom. The zero-order valence-electron chi connectivity index (χ0n) is 13.7. The highest BCUT2D eigenvalue weighted by molar-refractivity contribution is 8.03. The molecule has 0 bridgehead atoms. The predicted molar refractivity (Wildman–Crippen MR) is 110 cm³/mol. The number of nitrogens with zero attached hydrogens (tertiary/aromatic N) is 2. The molecule has 0 aliphatic heterocycles. The molecule has 132 valence electrons. The van der Waals surface area contributed by atoms with Crippen molar-refractivity contribution in [3.63, 3.8) is 0 Å². The van der Waals surface area contributed by atoms with Crippen LogP contribution in [0.3, 0.4) is 0 Å². The Balaban J connectivity index is 1.59. The van der Waals surface area contributed by atoms with Gasteiger partial charge in [-0.05, 0) is 54.2 Å². The maximum absolute atomic E-state index is 9.46. The van der Waals surface area contributed by atoms with Crippen LogP contribution in [0.2, 0.25) is 10.0 Å². The van der Waals surface area contributed by atoms with Crippen molar-refractivity contribution >= 4 is 52.1 Å². The van der Waals surface area contributed by atoms with Crippen LogP contribution in [0, 0.1) is 11.3 Å². The summed E-state index contributed by atoms with van der Waals surface area (Å²) in [6.45, 7) is 0. The molecule has 1 N–H and O–H groups in total. The van der Waals surface area contributed by atoms with Crippen molar-refractivity contribution in [2.24, 2.45) is 0 Å². The summed E-state index contributed by atoms with van der Waals surface area (Å²) in [5.74, 6) is 1.16. The first-order chi connectivity index (χ1) is 13.1. The molecule has 0 spiro atoms. The first-order valence-electron chi connectivity index (χ1n) is 7.92. The SMILES string of the molecule is N#C/C(=C\c1ccc(-c2ccc(Cl)cc2Cl)o1)Sc1nc2ccccc2[nH]1. The van der Waals surface area contributed by atoms with E-state index < -0.39 is 0 Å². The lowest BCUT2D eigenvalue weighted by atomic mass is 10.2. The zero-order chi connectivity index (χ0) is 18.8. The second kappa shape index (κ2) is 7.53. The summed E-state index contributed by atoms with van der Waals surface area (Å²) < 4.78 is 5.82. The minimum absolute atomic E-state index is 0.456. The van der Waals surface area contributed by atoms with Gasteiger partial charge >= 0.3 is 0 Å². The van der Waals surface area contributed by atoms with Gasteiger partial charge in [0, 0.05) is 16.7 Å². The van der Waals surface area contributed by atoms with Gasteiger partial charge in [0.1, 0.15) is 17.6 Å². The normalized spacial score (nSPS) is 11.7. The smallest absolute Gasteiger partial charge is 0.171 e. The van der Waals surface area contributed by atoms with Crippen LogP contribution >= 0.6 is 35.0 Å². The number of hydrogen-bond acceptors (Lipinski definition) is 4. The molecule has 27 heavy (non-hydrogen) atoms. The van der Waals surface area contributed by atoms with Crippen LogP contribution in [0.4, 0.5) is 0 Å². The molecule has 0 fully saturated rings. The molecule has 0 amide bonds. The lowest BCUT2D eigenvalue weighted by Gasteiger charge is -2.01. The number of nitrogens with one attached hydrogen (secondary N) is 1. The molecule has 0 saturated carbocycles. The van der Waals surface area contributed by atoms with Gasteiger partial charge in [0.25, 0.3) is 0 Å². The second-order valence-electron chi connectivity index (χ2n) is 5.61. The van der Waals surface area contributed by atoms with Crippen molar-refractivity contribution in [2.75, 3.05) is 0 Å². The van der Waals surface area contributed by atoms with E-state index in [9.17, 15) is 5.26 Å². The number of nitriles is 1. The zero-order valence-corrected chi connectivity index (χ0v) is 16.1. The van der Waals surface area contributed by atoms with Crippen molar-refractivity contribution in [3.8, 4) is 17.4 Å². The van der Waals surface area contributed by atoms with Crippen LogP contribution in [0.15, 0.2) is 69.1 Å². The van der Waals surface area contributed by atoms with Crippen molar-refractivity contribution in [1.82, 2.24) is 9.97 Å². The molecule has 0 saturated heterocycles. The summed E-state index contributed by atoms with van der Waals surface area (Å²) >= 11 is 13.4. The lowest BCUT2D eigenvalue weighted by Crippen LogP contribution is -1.77. The summed E-state index contributed by atoms with van der Waals surface area (Å²) in [4.78, 5) is 8.11. The van der Waals surface area contributed by atoms with E-state index in [2.05, 4.69) is 16.0 Å². The average Bonchev–Trinajstić information content (AvgIpc) is 3.27. The van der Waals surface area contributed by atoms with Gasteiger partial charge in [-0.1, -0.05) is 35.3 Å². The maximum Gasteiger partial charge on any atom is 0.171 e. The predicted octanol–water partition coefficient (Wildman–Crippen LogP) is 6.79. The van der Waals surface area contributed by atoms with Crippen molar-refractivity contribution in [3.05, 3.63) is 75.3 Å². The van der Waals surface area contributed by atoms with E-state index in [0.717, 1.165) is 16.6 Å². The topological polar surface area (TPSA) is 65.6 Å². The summed E-state index contributed by atoms with van der Waals surface area (Å²) in [5, 5.41) is 11.2. The highest BCUT2D eigenvalue weighted by Crippen LogP contribution is 2.33. The van der Waals surface area contributed by atoms with E-state index in [1.165, 1.54) is 11.8 Å². The quantitative estimate of drug-likeness (QED) is 0.296. The standard InChI is InChI=1S/C20H11Cl2N3OS/c21-12-5-7-15(16(22)9-12)19-8-6-13(26-19)10-14(11-23)27-20-24-17-3-1-2-4-18(17)25-20/h1-10H,(H,24,25)/b14-10+. The Kier molecular flexibility index (Phi) is 4.95. The second-order valence-corrected chi connectivity index (χ2v) is 7.48. The molecule has 4 rings (SSSR count). The number of benzene rings is 2. The van der Waals surface area contributed by atoms with E-state index in [4.69, 9.17) is 27.6 Å². The van der Waals surface area contributed by atoms with Crippen LogP contribution in [0.25, 0.3) is 28.4 Å². The molecule has 7 heteroatoms. The van der Waals surface area contributed by atoms with Crippen molar-refractivity contribution in [1.29, 1.82) is 5.26 Å². The fraction of sp³-hybridized carbons (Fsp3) is 0. The Bertz CT molecular complexity index is 1170. The third kappa shape index (κ3) is 3.88. The highest BCUT2D eigenvalue weighted by Gasteiger charge is 2.11. The van der Waals surface area contributed by atoms with Gasteiger partial charge in [-0.3, -0.25) is 0 Å². The molecule has 4 aromatic rings. The minimum atomic E-state index is 0.456. The molecular weight excluding hydrogens is 401 g/mol. The van der Waals surface area contributed by atoms with E-state index in [-0.39, 0.29) is 0 Å². The minimum Gasteiger partial charge on any atom is -0.457 e. The summed E-state index contributed by atoms with van der Waals surface area (Å²) in [6, 6.07) is 18.7. The van der Waals surface area contributed by atoms with Gasteiger partial charge in [-0.15, -0.1) is 0 Å². The van der Waals surface area contributed by atoms with Crippen LogP contribution in [0.1, 0.15) is 5.76 Å². The van der Waals surface area contributed by atoms with Gasteiger partial charge in [-0.2, -0.15) is 5.26 Å². The highest BCUT2D eigenvalue weighted by atomic mass is 35.5. The van der Waals surface area contributed by atoms with E-state index in [1.54, 1.807) is 30.3 Å². The van der Waals surface area contributed by atoms with Crippen LogP contribution in [-0.2, 0) is 0 Å². The first-order valence-corrected chi connectivity index (χ1v) is 9.49. The molecule has 0 atom stereocenters. The van der Waals surface area contributed by atoms with Gasteiger partial charge in [0.15, 0.2) is 5.16 Å². The number of fused-ring (bicyclic) bond motifs is 1. The number of thioether (sulfide) groups is 1.